The maximum atomic E-state index is 8.31. The lowest BCUT2D eigenvalue weighted by atomic mass is 10.2. The van der Waals surface area contributed by atoms with Gasteiger partial charge < -0.3 is 14.7 Å². The van der Waals surface area contributed by atoms with Gasteiger partial charge in [0.25, 0.3) is 0 Å². The fraction of sp³-hybridized carbons (Fsp3) is 0. The Bertz CT molecular complexity index is 246. The molecule has 0 saturated heterocycles. The Kier molecular flexibility index (Phi) is 3.38. The van der Waals surface area contributed by atoms with Crippen molar-refractivity contribution in [3.8, 4) is 0 Å². The second kappa shape index (κ2) is 4.59. The molecule has 0 atom stereocenters. The molecule has 0 unspecified atom stereocenters. The lowest BCUT2D eigenvalue weighted by molar-refractivity contribution is 0.258. The molecule has 4 heteroatoms. The SMILES string of the molecule is OB(O)O/C=C\c1ccccc1. The van der Waals surface area contributed by atoms with Crippen molar-refractivity contribution in [2.75, 3.05) is 0 Å². The zero-order valence-electron chi connectivity index (χ0n) is 6.42. The Hall–Kier alpha value is -1.26. The van der Waals surface area contributed by atoms with Crippen LogP contribution in [0.3, 0.4) is 0 Å². The summed E-state index contributed by atoms with van der Waals surface area (Å²) >= 11 is 0. The van der Waals surface area contributed by atoms with E-state index in [1.165, 1.54) is 6.26 Å². The molecule has 0 aliphatic rings. The molecule has 0 aromatic heterocycles. The standard InChI is InChI=1S/C8H9BO3/c10-9(11)12-7-6-8-4-2-1-3-5-8/h1-7,10-11H/b7-6-. The fourth-order valence-corrected chi connectivity index (χ4v) is 0.752. The van der Waals surface area contributed by atoms with Crippen LogP contribution in [-0.2, 0) is 4.65 Å². The number of rotatable bonds is 3. The highest BCUT2D eigenvalue weighted by Crippen LogP contribution is 2.00. The van der Waals surface area contributed by atoms with E-state index >= 15 is 0 Å². The Morgan fingerprint density at radius 1 is 1.17 bits per heavy atom. The Morgan fingerprint density at radius 2 is 1.83 bits per heavy atom. The third-order valence-corrected chi connectivity index (χ3v) is 1.26. The molecular weight excluding hydrogens is 155 g/mol. The van der Waals surface area contributed by atoms with Crippen LogP contribution < -0.4 is 0 Å². The van der Waals surface area contributed by atoms with Gasteiger partial charge in [0.15, 0.2) is 0 Å². The van der Waals surface area contributed by atoms with Gasteiger partial charge in [-0.2, -0.15) is 0 Å². The summed E-state index contributed by atoms with van der Waals surface area (Å²) in [6, 6.07) is 9.43. The summed E-state index contributed by atoms with van der Waals surface area (Å²) < 4.78 is 4.38. The molecule has 2 N–H and O–H groups in total. The van der Waals surface area contributed by atoms with Crippen LogP contribution in [0.15, 0.2) is 36.6 Å². The van der Waals surface area contributed by atoms with E-state index in [1.54, 1.807) is 6.08 Å². The second-order valence-corrected chi connectivity index (χ2v) is 2.18. The van der Waals surface area contributed by atoms with Crippen molar-refractivity contribution in [3.05, 3.63) is 42.2 Å². The summed E-state index contributed by atoms with van der Waals surface area (Å²) in [7, 11) is -1.75. The van der Waals surface area contributed by atoms with E-state index in [2.05, 4.69) is 4.65 Å². The molecule has 1 aromatic rings. The monoisotopic (exact) mass is 164 g/mol. The largest absolute Gasteiger partial charge is 0.707 e. The van der Waals surface area contributed by atoms with Crippen molar-refractivity contribution in [1.82, 2.24) is 0 Å². The van der Waals surface area contributed by atoms with Crippen LogP contribution in [0.1, 0.15) is 5.56 Å². The van der Waals surface area contributed by atoms with E-state index in [1.807, 2.05) is 30.3 Å². The van der Waals surface area contributed by atoms with Crippen molar-refractivity contribution in [2.45, 2.75) is 0 Å². The third kappa shape index (κ3) is 3.23. The van der Waals surface area contributed by atoms with Gasteiger partial charge in [-0.1, -0.05) is 30.3 Å². The second-order valence-electron chi connectivity index (χ2n) is 2.18. The molecule has 0 amide bonds. The van der Waals surface area contributed by atoms with Crippen LogP contribution in [0.4, 0.5) is 0 Å². The minimum absolute atomic E-state index is 0.943. The molecule has 0 aliphatic carbocycles. The predicted octanol–water partition coefficient (Wildman–Crippen LogP) is 0.643. The van der Waals surface area contributed by atoms with Crippen LogP contribution >= 0.6 is 0 Å². The summed E-state index contributed by atoms with van der Waals surface area (Å²) in [6.45, 7) is 0. The highest BCUT2D eigenvalue weighted by atomic mass is 16.6. The third-order valence-electron chi connectivity index (χ3n) is 1.26. The van der Waals surface area contributed by atoms with Crippen LogP contribution in [0.5, 0.6) is 0 Å². The molecule has 0 bridgehead atoms. The topological polar surface area (TPSA) is 49.7 Å². The van der Waals surface area contributed by atoms with E-state index in [0.717, 1.165) is 5.56 Å². The summed E-state index contributed by atoms with van der Waals surface area (Å²) in [6.07, 6.45) is 2.87. The number of hydrogen-bond acceptors (Lipinski definition) is 3. The Balaban J connectivity index is 2.47. The average Bonchev–Trinajstić information content (AvgIpc) is 2.05. The van der Waals surface area contributed by atoms with Gasteiger partial charge in [0.1, 0.15) is 0 Å². The van der Waals surface area contributed by atoms with Gasteiger partial charge in [-0.05, 0) is 11.6 Å². The molecule has 1 rings (SSSR count). The van der Waals surface area contributed by atoms with Gasteiger partial charge in [-0.3, -0.25) is 0 Å². The van der Waals surface area contributed by atoms with Gasteiger partial charge in [-0.15, -0.1) is 0 Å². The van der Waals surface area contributed by atoms with Crippen molar-refractivity contribution in [2.24, 2.45) is 0 Å². The van der Waals surface area contributed by atoms with Crippen molar-refractivity contribution < 1.29 is 14.7 Å². The van der Waals surface area contributed by atoms with Crippen LogP contribution in [-0.4, -0.2) is 17.4 Å². The van der Waals surface area contributed by atoms with Crippen molar-refractivity contribution in [3.63, 3.8) is 0 Å². The molecule has 0 aliphatic heterocycles. The number of hydrogen-bond donors (Lipinski definition) is 2. The molecule has 1 aromatic carbocycles. The Labute approximate surface area is 71.1 Å². The molecule has 0 spiro atoms. The van der Waals surface area contributed by atoms with E-state index in [-0.39, 0.29) is 0 Å². The number of benzene rings is 1. The minimum Gasteiger partial charge on any atom is -0.518 e. The minimum atomic E-state index is -1.75. The van der Waals surface area contributed by atoms with Gasteiger partial charge in [0.05, 0.1) is 6.26 Å². The zero-order valence-corrected chi connectivity index (χ0v) is 6.42. The average molecular weight is 164 g/mol. The lowest BCUT2D eigenvalue weighted by Crippen LogP contribution is -2.12. The fourth-order valence-electron chi connectivity index (χ4n) is 0.752. The van der Waals surface area contributed by atoms with E-state index in [4.69, 9.17) is 10.0 Å². The Morgan fingerprint density at radius 3 is 2.42 bits per heavy atom. The van der Waals surface area contributed by atoms with Gasteiger partial charge in [0.2, 0.25) is 0 Å². The molecule has 0 heterocycles. The quantitative estimate of drug-likeness (QED) is 0.509. The summed E-state index contributed by atoms with van der Waals surface area (Å²) in [5, 5.41) is 16.6. The van der Waals surface area contributed by atoms with Crippen molar-refractivity contribution >= 4 is 13.4 Å². The predicted molar refractivity (Wildman–Crippen MR) is 46.8 cm³/mol. The molecule has 0 radical (unpaired) electrons. The lowest BCUT2D eigenvalue weighted by Gasteiger charge is -1.95. The highest BCUT2D eigenvalue weighted by molar-refractivity contribution is 6.32. The summed E-state index contributed by atoms with van der Waals surface area (Å²) in [5.74, 6) is 0. The molecule has 0 saturated carbocycles. The summed E-state index contributed by atoms with van der Waals surface area (Å²) in [4.78, 5) is 0. The first-order valence-electron chi connectivity index (χ1n) is 3.52. The summed E-state index contributed by atoms with van der Waals surface area (Å²) in [5.41, 5.74) is 0.943. The van der Waals surface area contributed by atoms with Gasteiger partial charge >= 0.3 is 7.32 Å². The molecular formula is C8H9BO3. The smallest absolute Gasteiger partial charge is 0.518 e. The highest BCUT2D eigenvalue weighted by Gasteiger charge is 2.05. The van der Waals surface area contributed by atoms with Gasteiger partial charge in [0, 0.05) is 0 Å². The van der Waals surface area contributed by atoms with E-state index < -0.39 is 7.32 Å². The first-order chi connectivity index (χ1) is 5.79. The molecule has 12 heavy (non-hydrogen) atoms. The maximum absolute atomic E-state index is 8.31. The molecule has 3 nitrogen and oxygen atoms in total. The zero-order chi connectivity index (χ0) is 8.81. The first-order valence-corrected chi connectivity index (χ1v) is 3.52. The molecule has 0 fully saturated rings. The molecule has 62 valence electrons. The maximum Gasteiger partial charge on any atom is 0.707 e. The first kappa shape index (κ1) is 8.84. The van der Waals surface area contributed by atoms with E-state index in [0.29, 0.717) is 0 Å². The van der Waals surface area contributed by atoms with E-state index in [9.17, 15) is 0 Å². The van der Waals surface area contributed by atoms with Gasteiger partial charge in [-0.25, -0.2) is 0 Å². The van der Waals surface area contributed by atoms with Crippen LogP contribution in [0.25, 0.3) is 6.08 Å². The van der Waals surface area contributed by atoms with Crippen LogP contribution in [0.2, 0.25) is 0 Å². The van der Waals surface area contributed by atoms with Crippen molar-refractivity contribution in [1.29, 1.82) is 0 Å². The van der Waals surface area contributed by atoms with Crippen LogP contribution in [0, 0.1) is 0 Å². The normalized spacial score (nSPS) is 10.2.